The van der Waals surface area contributed by atoms with Gasteiger partial charge in [-0.2, -0.15) is 0 Å². The van der Waals surface area contributed by atoms with Crippen LogP contribution < -0.4 is 15.8 Å². The molecule has 2 aromatic heterocycles. The van der Waals surface area contributed by atoms with E-state index in [-0.39, 0.29) is 24.1 Å². The minimum absolute atomic E-state index is 0.138. The van der Waals surface area contributed by atoms with Crippen LogP contribution >= 0.6 is 0 Å². The molecule has 3 aromatic rings. The van der Waals surface area contributed by atoms with Crippen LogP contribution in [0.5, 0.6) is 11.5 Å². The highest BCUT2D eigenvalue weighted by molar-refractivity contribution is 5.87. The molecule has 1 aliphatic heterocycles. The first kappa shape index (κ1) is 21.9. The predicted molar refractivity (Wildman–Crippen MR) is 125 cm³/mol. The highest BCUT2D eigenvalue weighted by Crippen LogP contribution is 2.45. The molecule has 3 heterocycles. The third kappa shape index (κ3) is 4.86. The van der Waals surface area contributed by atoms with Crippen molar-refractivity contribution in [1.29, 1.82) is 0 Å². The molecule has 1 aliphatic carbocycles. The molecule has 0 spiro atoms. The molecule has 1 aromatic carbocycles. The minimum Gasteiger partial charge on any atom is -0.453 e. The number of likely N-dealkylation sites (tertiary alicyclic amines) is 1. The Balaban J connectivity index is 1.25. The first-order chi connectivity index (χ1) is 16.0. The van der Waals surface area contributed by atoms with Gasteiger partial charge in [0.1, 0.15) is 11.4 Å². The summed E-state index contributed by atoms with van der Waals surface area (Å²) in [5, 5.41) is 3.95. The summed E-state index contributed by atoms with van der Waals surface area (Å²) in [6.45, 7) is 1.92. The lowest BCUT2D eigenvalue weighted by Crippen LogP contribution is -2.49. The number of rotatable bonds is 7. The van der Waals surface area contributed by atoms with Crippen molar-refractivity contribution in [3.63, 3.8) is 0 Å². The number of ether oxygens (including phenoxy) is 1. The van der Waals surface area contributed by atoms with Crippen molar-refractivity contribution in [3.05, 3.63) is 53.6 Å². The van der Waals surface area contributed by atoms with E-state index in [1.54, 1.807) is 24.4 Å². The zero-order valence-corrected chi connectivity index (χ0v) is 18.8. The van der Waals surface area contributed by atoms with Crippen LogP contribution in [-0.4, -0.2) is 53.0 Å². The molecule has 1 atom stereocenters. The van der Waals surface area contributed by atoms with E-state index >= 15 is 0 Å². The van der Waals surface area contributed by atoms with Crippen LogP contribution in [0.15, 0.2) is 36.7 Å². The molecule has 4 N–H and O–H groups in total. The number of pyridine rings is 1. The van der Waals surface area contributed by atoms with Gasteiger partial charge in [-0.05, 0) is 87.5 Å². The van der Waals surface area contributed by atoms with Crippen LogP contribution in [0, 0.1) is 5.82 Å². The number of H-pyrrole nitrogens is 1. The summed E-state index contributed by atoms with van der Waals surface area (Å²) in [4.78, 5) is 22.3. The van der Waals surface area contributed by atoms with Gasteiger partial charge in [-0.3, -0.25) is 4.79 Å². The van der Waals surface area contributed by atoms with Gasteiger partial charge in [0.15, 0.2) is 11.6 Å². The Morgan fingerprint density at radius 3 is 2.79 bits per heavy atom. The standard InChI is InChI=1S/C25H30FN5O2/c1-31-10-7-17(8-11-31)30-25(32)20(27)13-15-2-5-21(19(26)12-15)33-22-6-9-28-24-23(22)18(14-29-24)16-3-4-16/h2,5-6,9,12,14,16-17,20H,3-4,7-8,10-11,13,27H2,1H3,(H,28,29)(H,30,32). The molecule has 0 bridgehead atoms. The Kier molecular flexibility index (Phi) is 6.03. The molecule has 7 nitrogen and oxygen atoms in total. The monoisotopic (exact) mass is 451 g/mol. The van der Waals surface area contributed by atoms with E-state index in [2.05, 4.69) is 27.2 Å². The maximum Gasteiger partial charge on any atom is 0.237 e. The second-order valence-electron chi connectivity index (χ2n) is 9.31. The van der Waals surface area contributed by atoms with Gasteiger partial charge in [0.05, 0.1) is 11.4 Å². The van der Waals surface area contributed by atoms with Gasteiger partial charge in [0, 0.05) is 18.4 Å². The molecular formula is C25H30FN5O2. The van der Waals surface area contributed by atoms with E-state index in [1.165, 1.54) is 11.6 Å². The molecular weight excluding hydrogens is 421 g/mol. The molecule has 1 saturated heterocycles. The molecule has 2 fully saturated rings. The lowest BCUT2D eigenvalue weighted by Gasteiger charge is -2.30. The summed E-state index contributed by atoms with van der Waals surface area (Å²) < 4.78 is 20.9. The third-order valence-electron chi connectivity index (χ3n) is 6.66. The maximum atomic E-state index is 14.9. The van der Waals surface area contributed by atoms with E-state index in [0.717, 1.165) is 49.8 Å². The Morgan fingerprint density at radius 2 is 2.06 bits per heavy atom. The van der Waals surface area contributed by atoms with Crippen molar-refractivity contribution in [1.82, 2.24) is 20.2 Å². The Labute approximate surface area is 192 Å². The molecule has 2 aliphatic rings. The number of fused-ring (bicyclic) bond motifs is 1. The molecule has 8 heteroatoms. The number of aromatic nitrogens is 2. The molecule has 1 amide bonds. The second kappa shape index (κ2) is 9.11. The van der Waals surface area contributed by atoms with Crippen LogP contribution in [0.1, 0.15) is 42.7 Å². The second-order valence-corrected chi connectivity index (χ2v) is 9.31. The zero-order chi connectivity index (χ0) is 22.9. The first-order valence-corrected chi connectivity index (χ1v) is 11.6. The van der Waals surface area contributed by atoms with Gasteiger partial charge in [-0.1, -0.05) is 6.07 Å². The van der Waals surface area contributed by atoms with E-state index in [9.17, 15) is 9.18 Å². The summed E-state index contributed by atoms with van der Waals surface area (Å²) in [6.07, 6.45) is 8.02. The predicted octanol–water partition coefficient (Wildman–Crippen LogP) is 3.45. The molecule has 5 rings (SSSR count). The van der Waals surface area contributed by atoms with Crippen molar-refractivity contribution in [3.8, 4) is 11.5 Å². The number of aromatic amines is 1. The molecule has 1 unspecified atom stereocenters. The van der Waals surface area contributed by atoms with Crippen molar-refractivity contribution in [2.75, 3.05) is 20.1 Å². The van der Waals surface area contributed by atoms with Crippen LogP contribution in [-0.2, 0) is 11.2 Å². The van der Waals surface area contributed by atoms with Crippen LogP contribution in [0.3, 0.4) is 0 Å². The van der Waals surface area contributed by atoms with E-state index in [0.29, 0.717) is 17.2 Å². The lowest BCUT2D eigenvalue weighted by atomic mass is 10.0. The van der Waals surface area contributed by atoms with Gasteiger partial charge >= 0.3 is 0 Å². The number of nitrogens with two attached hydrogens (primary N) is 1. The highest BCUT2D eigenvalue weighted by Gasteiger charge is 2.28. The third-order valence-corrected chi connectivity index (χ3v) is 6.66. The molecule has 174 valence electrons. The van der Waals surface area contributed by atoms with Crippen molar-refractivity contribution >= 4 is 16.9 Å². The smallest absolute Gasteiger partial charge is 0.237 e. The van der Waals surface area contributed by atoms with Gasteiger partial charge in [-0.25, -0.2) is 9.37 Å². The summed E-state index contributed by atoms with van der Waals surface area (Å²) in [6, 6.07) is 5.95. The zero-order valence-electron chi connectivity index (χ0n) is 18.8. The molecule has 1 saturated carbocycles. The van der Waals surface area contributed by atoms with Crippen molar-refractivity contribution in [2.24, 2.45) is 5.73 Å². The van der Waals surface area contributed by atoms with Gasteiger partial charge < -0.3 is 25.7 Å². The fourth-order valence-corrected chi connectivity index (χ4v) is 4.53. The first-order valence-electron chi connectivity index (χ1n) is 11.6. The molecule has 33 heavy (non-hydrogen) atoms. The number of benzene rings is 1. The SMILES string of the molecule is CN1CCC(NC(=O)C(N)Cc2ccc(Oc3ccnc4[nH]cc(C5CC5)c34)c(F)c2)CC1. The van der Waals surface area contributed by atoms with Crippen LogP contribution in [0.25, 0.3) is 11.0 Å². The van der Waals surface area contributed by atoms with E-state index < -0.39 is 11.9 Å². The largest absolute Gasteiger partial charge is 0.453 e. The number of carbonyl (C=O) groups is 1. The molecule has 0 radical (unpaired) electrons. The summed E-state index contributed by atoms with van der Waals surface area (Å²) in [5.41, 5.74) is 8.69. The maximum absolute atomic E-state index is 14.9. The average molecular weight is 452 g/mol. The van der Waals surface area contributed by atoms with Crippen LogP contribution in [0.4, 0.5) is 4.39 Å². The number of carbonyl (C=O) groups excluding carboxylic acids is 1. The fourth-order valence-electron chi connectivity index (χ4n) is 4.53. The van der Waals surface area contributed by atoms with Crippen LogP contribution in [0.2, 0.25) is 0 Å². The Bertz CT molecular complexity index is 1150. The Morgan fingerprint density at radius 1 is 1.27 bits per heavy atom. The highest BCUT2D eigenvalue weighted by atomic mass is 19.1. The average Bonchev–Trinajstić information content (AvgIpc) is 3.55. The van der Waals surface area contributed by atoms with Gasteiger partial charge in [0.25, 0.3) is 0 Å². The fraction of sp³-hybridized carbons (Fsp3) is 0.440. The number of piperidine rings is 1. The summed E-state index contributed by atoms with van der Waals surface area (Å²) in [7, 11) is 2.08. The number of nitrogens with zero attached hydrogens (tertiary/aromatic N) is 2. The number of hydrogen-bond donors (Lipinski definition) is 3. The normalized spacial score (nSPS) is 18.4. The Hall–Kier alpha value is -2.97. The summed E-state index contributed by atoms with van der Waals surface area (Å²) in [5.74, 6) is 0.565. The number of hydrogen-bond acceptors (Lipinski definition) is 5. The van der Waals surface area contributed by atoms with Crippen molar-refractivity contribution in [2.45, 2.75) is 50.1 Å². The quantitative estimate of drug-likeness (QED) is 0.511. The van der Waals surface area contributed by atoms with Gasteiger partial charge in [-0.15, -0.1) is 0 Å². The van der Waals surface area contributed by atoms with Crippen molar-refractivity contribution < 1.29 is 13.9 Å². The lowest BCUT2D eigenvalue weighted by molar-refractivity contribution is -0.123. The summed E-state index contributed by atoms with van der Waals surface area (Å²) >= 11 is 0. The van der Waals surface area contributed by atoms with E-state index in [4.69, 9.17) is 10.5 Å². The minimum atomic E-state index is -0.725. The number of amides is 1. The van der Waals surface area contributed by atoms with Gasteiger partial charge in [0.2, 0.25) is 5.91 Å². The number of nitrogens with one attached hydrogen (secondary N) is 2. The van der Waals surface area contributed by atoms with E-state index in [1.807, 2.05) is 6.20 Å². The topological polar surface area (TPSA) is 96.3 Å². The number of halogens is 1.